The molecule has 3 aliphatic rings. The Morgan fingerprint density at radius 2 is 1.39 bits per heavy atom. The highest BCUT2D eigenvalue weighted by Crippen LogP contribution is 2.28. The lowest BCUT2D eigenvalue weighted by molar-refractivity contribution is -0.148. The fourth-order valence-corrected chi connectivity index (χ4v) is 11.2. The molecule has 0 radical (unpaired) electrons. The molecule has 448 valence electrons. The largest absolute Gasteiger partial charge is 0.508 e. The van der Waals surface area contributed by atoms with Crippen LogP contribution in [0.25, 0.3) is 0 Å². The Labute approximate surface area is 471 Å². The second-order valence-corrected chi connectivity index (χ2v) is 23.0. The minimum absolute atomic E-state index is 0.0637. The molecular weight excluding hydrogens is 1060 g/mol. The van der Waals surface area contributed by atoms with Crippen LogP contribution in [-0.4, -0.2) is 214 Å². The average Bonchev–Trinajstić information content (AvgIpc) is 4.11. The van der Waals surface area contributed by atoms with Crippen LogP contribution < -0.4 is 26.6 Å². The zero-order valence-electron chi connectivity index (χ0n) is 46.6. The summed E-state index contributed by atoms with van der Waals surface area (Å²) in [7, 11) is 2.90. The highest BCUT2D eigenvalue weighted by Gasteiger charge is 2.49. The molecule has 0 bridgehead atoms. The number of hydrogen-bond donors (Lipinski definition) is 13. The van der Waals surface area contributed by atoms with E-state index < -0.39 is 164 Å². The van der Waals surface area contributed by atoms with E-state index in [1.807, 2.05) is 0 Å². The van der Waals surface area contributed by atoms with Crippen LogP contribution in [0.1, 0.15) is 129 Å². The molecule has 3 fully saturated rings. The molecule has 4 rings (SSSR count). The third kappa shape index (κ3) is 19.2. The Bertz CT molecular complexity index is 2290. The number of amides is 8. The Morgan fingerprint density at radius 3 is 2.01 bits per heavy atom. The van der Waals surface area contributed by atoms with Gasteiger partial charge in [-0.15, -0.1) is 11.8 Å². The standard InChI is InChI=1S/C54H85N9O16S/c1-7-29(2)24-30(3)14-12-10-8-9-11-13-15-40(70)56-35-26-39(69)52(80-28-41(71)61(5)6)60-51(77)45-38(68)21-23-62(45)54(79)43(37(67)20-22-55)58-50(76)44(47(73)46(72)32-16-18-33(65)19-17-32)59-49(75)36-25-34(66)27-63(36)53(78)42(31(4)64)57-48(35)74/h16-19,29-31,34-39,42-47,52,64-69,72-73H,7-15,20-21,23-28H2,1-6H3,(H,56,70)(H,57,74)(H,58,76)(H,59,75)(H,60,77)/t29?,30?,31-,34-,35+,36+,37-,38+,39-,42+,43+,44+,45+,46+,47+,52-/m1/s1. The highest BCUT2D eigenvalue weighted by atomic mass is 32.2. The molecular formula is C54H85N9O16S. The Morgan fingerprint density at radius 1 is 0.775 bits per heavy atom. The van der Waals surface area contributed by atoms with Crippen LogP contribution in [0, 0.1) is 23.2 Å². The Kier molecular flexibility index (Phi) is 26.8. The van der Waals surface area contributed by atoms with Crippen LogP contribution >= 0.6 is 11.8 Å². The molecule has 2 unspecified atom stereocenters. The number of benzene rings is 1. The average molecular weight is 1150 g/mol. The van der Waals surface area contributed by atoms with Crippen molar-refractivity contribution in [2.75, 3.05) is 32.9 Å². The summed E-state index contributed by atoms with van der Waals surface area (Å²) in [6.07, 6.45) is -6.97. The van der Waals surface area contributed by atoms with Gasteiger partial charge in [-0.1, -0.05) is 77.8 Å². The number of rotatable bonds is 22. The molecule has 25 nitrogen and oxygen atoms in total. The topological polar surface area (TPSA) is 392 Å². The first-order valence-electron chi connectivity index (χ1n) is 27.7. The molecule has 3 aliphatic heterocycles. The summed E-state index contributed by atoms with van der Waals surface area (Å²) in [6, 6.07) is -5.34. The number of hydrogen-bond acceptors (Lipinski definition) is 18. The van der Waals surface area contributed by atoms with Gasteiger partial charge in [0.2, 0.25) is 47.3 Å². The minimum Gasteiger partial charge on any atom is -0.508 e. The maximum atomic E-state index is 14.6. The second-order valence-electron chi connectivity index (χ2n) is 21.9. The maximum absolute atomic E-state index is 14.6. The van der Waals surface area contributed by atoms with Crippen molar-refractivity contribution in [3.63, 3.8) is 0 Å². The first-order chi connectivity index (χ1) is 37.8. The highest BCUT2D eigenvalue weighted by molar-refractivity contribution is 8.00. The Hall–Kier alpha value is -5.66. The van der Waals surface area contributed by atoms with E-state index in [0.717, 1.165) is 67.4 Å². The van der Waals surface area contributed by atoms with Gasteiger partial charge in [0.05, 0.1) is 48.8 Å². The summed E-state index contributed by atoms with van der Waals surface area (Å²) in [5.74, 6) is -7.83. The number of thioether (sulfide) groups is 1. The van der Waals surface area contributed by atoms with E-state index in [0.29, 0.717) is 36.4 Å². The number of aromatic hydroxyl groups is 1. The predicted octanol–water partition coefficient (Wildman–Crippen LogP) is -1.47. The number of aliphatic hydroxyl groups is 7. The summed E-state index contributed by atoms with van der Waals surface area (Å²) in [4.78, 5) is 116. The molecule has 26 heteroatoms. The number of carbonyl (C=O) groups excluding carboxylic acids is 8. The second kappa shape index (κ2) is 32.1. The van der Waals surface area contributed by atoms with Crippen LogP contribution in [0.2, 0.25) is 0 Å². The monoisotopic (exact) mass is 1150 g/mol. The molecule has 13 N–H and O–H groups in total. The molecule has 1 aromatic carbocycles. The number of nitriles is 1. The van der Waals surface area contributed by atoms with Gasteiger partial charge < -0.3 is 82.1 Å². The lowest BCUT2D eigenvalue weighted by Gasteiger charge is -2.34. The van der Waals surface area contributed by atoms with Crippen molar-refractivity contribution in [3.05, 3.63) is 29.8 Å². The lowest BCUT2D eigenvalue weighted by Crippen LogP contribution is -2.64. The maximum Gasteiger partial charge on any atom is 0.248 e. The van der Waals surface area contributed by atoms with E-state index >= 15 is 0 Å². The minimum atomic E-state index is -2.34. The van der Waals surface area contributed by atoms with Crippen LogP contribution in [0.4, 0.5) is 0 Å². The van der Waals surface area contributed by atoms with Gasteiger partial charge in [0.1, 0.15) is 59.6 Å². The smallest absolute Gasteiger partial charge is 0.248 e. The molecule has 0 spiro atoms. The predicted molar refractivity (Wildman–Crippen MR) is 291 cm³/mol. The van der Waals surface area contributed by atoms with Gasteiger partial charge in [0.15, 0.2) is 0 Å². The van der Waals surface area contributed by atoms with E-state index in [1.54, 1.807) is 6.07 Å². The van der Waals surface area contributed by atoms with Gasteiger partial charge in [-0.25, -0.2) is 0 Å². The van der Waals surface area contributed by atoms with Gasteiger partial charge in [0, 0.05) is 46.4 Å². The van der Waals surface area contributed by atoms with Gasteiger partial charge >= 0.3 is 0 Å². The van der Waals surface area contributed by atoms with E-state index in [1.165, 1.54) is 37.5 Å². The van der Waals surface area contributed by atoms with Crippen molar-refractivity contribution in [1.82, 2.24) is 41.3 Å². The fourth-order valence-electron chi connectivity index (χ4n) is 10.1. The van der Waals surface area contributed by atoms with Gasteiger partial charge in [-0.2, -0.15) is 5.26 Å². The van der Waals surface area contributed by atoms with Crippen molar-refractivity contribution < 1.29 is 79.2 Å². The van der Waals surface area contributed by atoms with Crippen molar-refractivity contribution in [2.45, 2.75) is 202 Å². The number of carbonyl (C=O) groups is 8. The molecule has 0 aromatic heterocycles. The Balaban J connectivity index is 1.77. The summed E-state index contributed by atoms with van der Waals surface area (Å²) in [5.41, 5.74) is -0.0962. The summed E-state index contributed by atoms with van der Waals surface area (Å²) < 4.78 is 0. The fraction of sp³-hybridized carbons (Fsp3) is 0.722. The van der Waals surface area contributed by atoms with E-state index in [4.69, 9.17) is 0 Å². The van der Waals surface area contributed by atoms with Crippen molar-refractivity contribution in [3.8, 4) is 11.8 Å². The third-order valence-electron chi connectivity index (χ3n) is 15.1. The molecule has 0 saturated carbocycles. The zero-order valence-corrected chi connectivity index (χ0v) is 47.4. The molecule has 3 heterocycles. The van der Waals surface area contributed by atoms with Gasteiger partial charge in [0.25, 0.3) is 0 Å². The van der Waals surface area contributed by atoms with E-state index in [-0.39, 0.29) is 29.9 Å². The van der Waals surface area contributed by atoms with Crippen molar-refractivity contribution >= 4 is 59.0 Å². The zero-order chi connectivity index (χ0) is 59.5. The molecule has 80 heavy (non-hydrogen) atoms. The number of nitrogens with one attached hydrogen (secondary N) is 5. The quantitative estimate of drug-likeness (QED) is 0.0589. The van der Waals surface area contributed by atoms with E-state index in [9.17, 15) is 84.5 Å². The normalized spacial score (nSPS) is 27.8. The lowest BCUT2D eigenvalue weighted by atomic mass is 9.91. The number of aliphatic hydroxyl groups excluding tert-OH is 7. The first kappa shape index (κ1) is 66.8. The molecule has 8 amide bonds. The number of fused-ring (bicyclic) bond motifs is 2. The third-order valence-corrected chi connectivity index (χ3v) is 16.3. The van der Waals surface area contributed by atoms with E-state index in [2.05, 4.69) is 47.4 Å². The summed E-state index contributed by atoms with van der Waals surface area (Å²) in [5, 5.41) is 110. The number of nitrogens with zero attached hydrogens (tertiary/aromatic N) is 4. The van der Waals surface area contributed by atoms with Crippen LogP contribution in [0.5, 0.6) is 5.75 Å². The van der Waals surface area contributed by atoms with Gasteiger partial charge in [-0.3, -0.25) is 38.4 Å². The number of unbranched alkanes of at least 4 members (excludes halogenated alkanes) is 5. The summed E-state index contributed by atoms with van der Waals surface area (Å²) >= 11 is 0.692. The first-order valence-corrected chi connectivity index (χ1v) is 28.7. The molecule has 3 saturated heterocycles. The SMILES string of the molecule is CCC(C)CC(C)CCCCCCCCC(=O)N[C@H]1C[C@@H](O)[C@@H](SCC(=O)N(C)C)NC(=O)[C@@H]2[C@@H](O)CCN2C(=O)[C@H]([C@H](O)CC#N)NC(=O)[C@H]([C@H](O)[C@@H](O)c2ccc(O)cc2)NC(=O)[C@@H]2C[C@@H](O)CN2C(=O)[C@H]([C@@H](C)O)NC1=O. The molecule has 1 aromatic rings. The molecule has 0 aliphatic carbocycles. The van der Waals surface area contributed by atoms with Crippen LogP contribution in [0.3, 0.4) is 0 Å². The number of phenolic OH excluding ortho intramolecular Hbond substituents is 1. The van der Waals surface area contributed by atoms with Crippen molar-refractivity contribution in [1.29, 1.82) is 5.26 Å². The number of phenols is 1. The molecule has 16 atom stereocenters. The van der Waals surface area contributed by atoms with Gasteiger partial charge in [-0.05, 0) is 55.7 Å². The van der Waals surface area contributed by atoms with Crippen molar-refractivity contribution in [2.24, 2.45) is 11.8 Å². The summed E-state index contributed by atoms with van der Waals surface area (Å²) in [6.45, 7) is 6.87. The van der Waals surface area contributed by atoms with Crippen LogP contribution in [0.15, 0.2) is 24.3 Å². The van der Waals surface area contributed by atoms with Crippen LogP contribution in [-0.2, 0) is 38.4 Å².